The Bertz CT molecular complexity index is 738. The Kier molecular flexibility index (Phi) is 4.23. The van der Waals surface area contributed by atoms with Crippen LogP contribution in [0.25, 0.3) is 11.6 Å². The van der Waals surface area contributed by atoms with Gasteiger partial charge in [-0.1, -0.05) is 30.3 Å². The Labute approximate surface area is 120 Å². The fourth-order valence-electron chi connectivity index (χ4n) is 1.94. The van der Waals surface area contributed by atoms with Crippen molar-refractivity contribution >= 4 is 23.1 Å². The van der Waals surface area contributed by atoms with Crippen LogP contribution >= 0.6 is 0 Å². The zero-order valence-corrected chi connectivity index (χ0v) is 11.2. The molecule has 4 nitrogen and oxygen atoms in total. The number of halogens is 1. The molecule has 0 aliphatic carbocycles. The van der Waals surface area contributed by atoms with Crippen molar-refractivity contribution in [1.82, 2.24) is 0 Å². The van der Waals surface area contributed by atoms with Gasteiger partial charge in [0, 0.05) is 23.3 Å². The number of hydrogen-bond acceptors (Lipinski definition) is 3. The Balaban J connectivity index is 2.53. The number of carbonyl (C=O) groups is 1. The van der Waals surface area contributed by atoms with Crippen molar-refractivity contribution in [3.05, 3.63) is 75.6 Å². The molecule has 0 aliphatic rings. The van der Waals surface area contributed by atoms with E-state index in [2.05, 4.69) is 0 Å². The average molecular weight is 285 g/mol. The highest BCUT2D eigenvalue weighted by Gasteiger charge is 2.12. The predicted octanol–water partition coefficient (Wildman–Crippen LogP) is 3.86. The number of allylic oxidation sites excluding steroid dienone is 1. The molecule has 0 bridgehead atoms. The van der Waals surface area contributed by atoms with Gasteiger partial charge in [0.05, 0.1) is 4.92 Å². The Morgan fingerprint density at radius 2 is 1.90 bits per heavy atom. The molecule has 21 heavy (non-hydrogen) atoms. The van der Waals surface area contributed by atoms with Crippen LogP contribution in [0.3, 0.4) is 0 Å². The molecular formula is C16H12FNO3. The second-order valence-corrected chi connectivity index (χ2v) is 4.45. The van der Waals surface area contributed by atoms with Crippen LogP contribution in [0.1, 0.15) is 18.1 Å². The van der Waals surface area contributed by atoms with E-state index in [0.717, 1.165) is 0 Å². The molecule has 2 aromatic rings. The van der Waals surface area contributed by atoms with Gasteiger partial charge in [-0.3, -0.25) is 14.9 Å². The van der Waals surface area contributed by atoms with Gasteiger partial charge in [-0.2, -0.15) is 0 Å². The first-order chi connectivity index (χ1) is 9.99. The van der Waals surface area contributed by atoms with Crippen molar-refractivity contribution in [2.75, 3.05) is 0 Å². The zero-order chi connectivity index (χ0) is 15.4. The number of hydrogen-bond donors (Lipinski definition) is 0. The molecule has 0 atom stereocenters. The van der Waals surface area contributed by atoms with E-state index in [1.807, 2.05) is 0 Å². The Hall–Kier alpha value is -2.82. The lowest BCUT2D eigenvalue weighted by Gasteiger charge is -2.06. The van der Waals surface area contributed by atoms with E-state index in [-0.39, 0.29) is 22.6 Å². The molecule has 0 saturated carbocycles. The van der Waals surface area contributed by atoms with Gasteiger partial charge in [-0.25, -0.2) is 4.39 Å². The van der Waals surface area contributed by atoms with Gasteiger partial charge >= 0.3 is 0 Å². The third-order valence-corrected chi connectivity index (χ3v) is 2.94. The predicted molar refractivity (Wildman–Crippen MR) is 78.0 cm³/mol. The lowest BCUT2D eigenvalue weighted by molar-refractivity contribution is -0.384. The lowest BCUT2D eigenvalue weighted by atomic mass is 9.99. The molecule has 2 rings (SSSR count). The van der Waals surface area contributed by atoms with Crippen molar-refractivity contribution in [1.29, 1.82) is 0 Å². The van der Waals surface area contributed by atoms with Gasteiger partial charge in [-0.15, -0.1) is 0 Å². The number of rotatable bonds is 4. The molecule has 0 aromatic heterocycles. The number of Topliss-reactive ketones (excluding diaryl/α,β-unsaturated/α-hetero) is 1. The quantitative estimate of drug-likeness (QED) is 0.371. The van der Waals surface area contributed by atoms with Gasteiger partial charge in [0.2, 0.25) is 0 Å². The molecule has 2 aromatic carbocycles. The number of ketones is 1. The van der Waals surface area contributed by atoms with Crippen molar-refractivity contribution in [3.8, 4) is 0 Å². The van der Waals surface area contributed by atoms with Crippen molar-refractivity contribution < 1.29 is 14.1 Å². The number of nitro groups is 1. The Morgan fingerprint density at radius 3 is 2.52 bits per heavy atom. The van der Waals surface area contributed by atoms with Crippen LogP contribution in [0.4, 0.5) is 10.1 Å². The second-order valence-electron chi connectivity index (χ2n) is 4.45. The summed E-state index contributed by atoms with van der Waals surface area (Å²) >= 11 is 0. The average Bonchev–Trinajstić information content (AvgIpc) is 2.45. The number of carbonyl (C=O) groups excluding carboxylic acids is 1. The van der Waals surface area contributed by atoms with E-state index < -0.39 is 10.7 Å². The number of benzene rings is 2. The maximum Gasteiger partial charge on any atom is 0.270 e. The second kappa shape index (κ2) is 6.09. The summed E-state index contributed by atoms with van der Waals surface area (Å²) < 4.78 is 13.8. The highest BCUT2D eigenvalue weighted by Crippen LogP contribution is 2.23. The monoisotopic (exact) mass is 285 g/mol. The molecule has 0 fully saturated rings. The van der Waals surface area contributed by atoms with Crippen LogP contribution in [0.5, 0.6) is 0 Å². The van der Waals surface area contributed by atoms with Gasteiger partial charge in [-0.05, 0) is 24.6 Å². The Morgan fingerprint density at radius 1 is 1.19 bits per heavy atom. The normalized spacial score (nSPS) is 11.2. The maximum absolute atomic E-state index is 13.8. The summed E-state index contributed by atoms with van der Waals surface area (Å²) in [6.07, 6.45) is 1.45. The highest BCUT2D eigenvalue weighted by atomic mass is 19.1. The van der Waals surface area contributed by atoms with E-state index in [1.54, 1.807) is 12.1 Å². The summed E-state index contributed by atoms with van der Waals surface area (Å²) in [7, 11) is 0. The third kappa shape index (κ3) is 3.39. The first-order valence-electron chi connectivity index (χ1n) is 6.21. The standard InChI is InChI=1S/C16H12FNO3/c1-11(19)15(14-7-2-3-8-16(14)17)10-12-5-4-6-13(9-12)18(20)21/h2-10H,1H3/b15-10+. The van der Waals surface area contributed by atoms with E-state index in [4.69, 9.17) is 0 Å². The summed E-state index contributed by atoms with van der Waals surface area (Å²) in [5.41, 5.74) is 0.739. The van der Waals surface area contributed by atoms with E-state index >= 15 is 0 Å². The van der Waals surface area contributed by atoms with Crippen molar-refractivity contribution in [3.63, 3.8) is 0 Å². The molecule has 0 aliphatic heterocycles. The first kappa shape index (κ1) is 14.6. The SMILES string of the molecule is CC(=O)/C(=C\c1cccc([N+](=O)[O-])c1)c1ccccc1F. The molecule has 106 valence electrons. The number of non-ortho nitro benzene ring substituents is 1. The van der Waals surface area contributed by atoms with Gasteiger partial charge in [0.25, 0.3) is 5.69 Å². The molecule has 0 amide bonds. The molecule has 0 saturated heterocycles. The summed E-state index contributed by atoms with van der Waals surface area (Å²) in [5, 5.41) is 10.8. The molecule has 5 heteroatoms. The molecule has 0 heterocycles. The van der Waals surface area contributed by atoms with Crippen LogP contribution in [0.2, 0.25) is 0 Å². The molecule has 0 unspecified atom stereocenters. The largest absolute Gasteiger partial charge is 0.294 e. The summed E-state index contributed by atoms with van der Waals surface area (Å²) in [6.45, 7) is 1.33. The van der Waals surface area contributed by atoms with Crippen molar-refractivity contribution in [2.45, 2.75) is 6.92 Å². The third-order valence-electron chi connectivity index (χ3n) is 2.94. The minimum absolute atomic E-state index is 0.0832. The molecule has 0 N–H and O–H groups in total. The number of nitro benzene ring substituents is 1. The van der Waals surface area contributed by atoms with Crippen LogP contribution < -0.4 is 0 Å². The summed E-state index contributed by atoms with van der Waals surface area (Å²) in [6, 6.07) is 11.8. The highest BCUT2D eigenvalue weighted by molar-refractivity contribution is 6.24. The van der Waals surface area contributed by atoms with Crippen LogP contribution in [-0.2, 0) is 4.79 Å². The fraction of sp³-hybridized carbons (Fsp3) is 0.0625. The minimum Gasteiger partial charge on any atom is -0.294 e. The molecular weight excluding hydrogens is 273 g/mol. The van der Waals surface area contributed by atoms with E-state index in [0.29, 0.717) is 5.56 Å². The van der Waals surface area contributed by atoms with E-state index in [9.17, 15) is 19.3 Å². The van der Waals surface area contributed by atoms with Crippen molar-refractivity contribution in [2.24, 2.45) is 0 Å². The van der Waals surface area contributed by atoms with E-state index in [1.165, 1.54) is 49.4 Å². The molecule has 0 radical (unpaired) electrons. The smallest absolute Gasteiger partial charge is 0.270 e. The summed E-state index contributed by atoms with van der Waals surface area (Å²) in [4.78, 5) is 22.0. The zero-order valence-electron chi connectivity index (χ0n) is 11.2. The minimum atomic E-state index is -0.520. The summed E-state index contributed by atoms with van der Waals surface area (Å²) in [5.74, 6) is -0.823. The van der Waals surface area contributed by atoms with Crippen LogP contribution in [0, 0.1) is 15.9 Å². The maximum atomic E-state index is 13.8. The number of nitrogens with zero attached hydrogens (tertiary/aromatic N) is 1. The first-order valence-corrected chi connectivity index (χ1v) is 6.21. The topological polar surface area (TPSA) is 60.2 Å². The van der Waals surface area contributed by atoms with Gasteiger partial charge < -0.3 is 0 Å². The molecule has 0 spiro atoms. The van der Waals surface area contributed by atoms with Gasteiger partial charge in [0.1, 0.15) is 5.82 Å². The van der Waals surface area contributed by atoms with Crippen LogP contribution in [-0.4, -0.2) is 10.7 Å². The van der Waals surface area contributed by atoms with Crippen LogP contribution in [0.15, 0.2) is 48.5 Å². The lowest BCUT2D eigenvalue weighted by Crippen LogP contribution is -1.99. The van der Waals surface area contributed by atoms with Gasteiger partial charge in [0.15, 0.2) is 5.78 Å². The fourth-order valence-corrected chi connectivity index (χ4v) is 1.94.